The maximum absolute atomic E-state index is 12.3. The quantitative estimate of drug-likeness (QED) is 0.683. The Hall–Kier alpha value is -2.50. The van der Waals surface area contributed by atoms with Crippen LogP contribution in [-0.4, -0.2) is 36.2 Å². The van der Waals surface area contributed by atoms with Crippen molar-refractivity contribution in [1.82, 2.24) is 5.32 Å². The van der Waals surface area contributed by atoms with E-state index >= 15 is 0 Å². The molecule has 0 radical (unpaired) electrons. The molecule has 0 aliphatic heterocycles. The number of methoxy groups -OCH3 is 1. The van der Waals surface area contributed by atoms with Crippen LogP contribution in [0.3, 0.4) is 0 Å². The van der Waals surface area contributed by atoms with Crippen LogP contribution in [0.4, 0.5) is 0 Å². The zero-order chi connectivity index (χ0) is 17.5. The van der Waals surface area contributed by atoms with Crippen molar-refractivity contribution in [1.29, 1.82) is 0 Å². The summed E-state index contributed by atoms with van der Waals surface area (Å²) >= 11 is 0. The third kappa shape index (κ3) is 6.02. The van der Waals surface area contributed by atoms with Crippen LogP contribution in [0.5, 0.6) is 11.5 Å². The largest absolute Gasteiger partial charge is 0.493 e. The standard InChI is InChI=1S/C17H23NO5/c1-5-10-23-13-7-6-12(11-14(13)22-4)16(21)18-17(2,3)9-8-15(19)20/h5-7,11H,1,8-10H2,2-4H3,(H,18,21)(H,19,20). The Labute approximate surface area is 136 Å². The van der Waals surface area contributed by atoms with Gasteiger partial charge in [0.25, 0.3) is 5.91 Å². The Morgan fingerprint density at radius 2 is 2.04 bits per heavy atom. The number of amides is 1. The van der Waals surface area contributed by atoms with Gasteiger partial charge in [0.2, 0.25) is 0 Å². The van der Waals surface area contributed by atoms with Gasteiger partial charge in [-0.3, -0.25) is 9.59 Å². The summed E-state index contributed by atoms with van der Waals surface area (Å²) in [5.41, 5.74) is -0.211. The normalized spacial score (nSPS) is 10.7. The molecule has 0 heterocycles. The molecule has 126 valence electrons. The summed E-state index contributed by atoms with van der Waals surface area (Å²) in [6.45, 7) is 7.48. The Kier molecular flexibility index (Phi) is 6.63. The van der Waals surface area contributed by atoms with E-state index in [1.54, 1.807) is 38.1 Å². The minimum absolute atomic E-state index is 0.00900. The first-order chi connectivity index (χ1) is 10.8. The fourth-order valence-electron chi connectivity index (χ4n) is 1.94. The molecule has 1 aromatic rings. The van der Waals surface area contributed by atoms with Gasteiger partial charge in [0.15, 0.2) is 11.5 Å². The summed E-state index contributed by atoms with van der Waals surface area (Å²) in [4.78, 5) is 23.0. The van der Waals surface area contributed by atoms with Crippen LogP contribution in [-0.2, 0) is 4.79 Å². The number of carboxylic acids is 1. The number of hydrogen-bond donors (Lipinski definition) is 2. The summed E-state index contributed by atoms with van der Waals surface area (Å²) in [7, 11) is 1.49. The van der Waals surface area contributed by atoms with Gasteiger partial charge < -0.3 is 19.9 Å². The molecule has 2 N–H and O–H groups in total. The molecule has 23 heavy (non-hydrogen) atoms. The average molecular weight is 321 g/mol. The van der Waals surface area contributed by atoms with Crippen molar-refractivity contribution < 1.29 is 24.2 Å². The van der Waals surface area contributed by atoms with E-state index in [2.05, 4.69) is 11.9 Å². The second kappa shape index (κ2) is 8.22. The lowest BCUT2D eigenvalue weighted by Gasteiger charge is -2.25. The van der Waals surface area contributed by atoms with Crippen molar-refractivity contribution in [3.63, 3.8) is 0 Å². The van der Waals surface area contributed by atoms with Gasteiger partial charge >= 0.3 is 5.97 Å². The lowest BCUT2D eigenvalue weighted by Crippen LogP contribution is -2.43. The molecule has 0 saturated heterocycles. The molecule has 0 bridgehead atoms. The summed E-state index contributed by atoms with van der Waals surface area (Å²) in [5, 5.41) is 11.6. The molecule has 6 nitrogen and oxygen atoms in total. The molecule has 0 spiro atoms. The van der Waals surface area contributed by atoms with Gasteiger partial charge in [-0.1, -0.05) is 12.7 Å². The number of carbonyl (C=O) groups is 2. The first kappa shape index (κ1) is 18.5. The van der Waals surface area contributed by atoms with Crippen LogP contribution in [0.1, 0.15) is 37.0 Å². The van der Waals surface area contributed by atoms with Gasteiger partial charge in [-0.05, 0) is 38.5 Å². The summed E-state index contributed by atoms with van der Waals surface area (Å²) in [6.07, 6.45) is 1.95. The zero-order valence-corrected chi connectivity index (χ0v) is 13.7. The van der Waals surface area contributed by atoms with Gasteiger partial charge in [-0.2, -0.15) is 0 Å². The Morgan fingerprint density at radius 1 is 1.35 bits per heavy atom. The van der Waals surface area contributed by atoms with E-state index in [9.17, 15) is 9.59 Å². The fourth-order valence-corrected chi connectivity index (χ4v) is 1.94. The maximum Gasteiger partial charge on any atom is 0.303 e. The smallest absolute Gasteiger partial charge is 0.303 e. The van der Waals surface area contributed by atoms with E-state index in [0.29, 0.717) is 30.1 Å². The Balaban J connectivity index is 2.83. The molecular weight excluding hydrogens is 298 g/mol. The molecule has 0 aromatic heterocycles. The molecule has 0 atom stereocenters. The molecule has 0 fully saturated rings. The van der Waals surface area contributed by atoms with Crippen molar-refractivity contribution in [2.45, 2.75) is 32.2 Å². The molecule has 0 saturated carbocycles. The van der Waals surface area contributed by atoms with Gasteiger partial charge in [-0.15, -0.1) is 0 Å². The molecule has 0 aliphatic rings. The van der Waals surface area contributed by atoms with E-state index in [0.717, 1.165) is 0 Å². The van der Waals surface area contributed by atoms with Crippen molar-refractivity contribution in [2.75, 3.05) is 13.7 Å². The van der Waals surface area contributed by atoms with Crippen molar-refractivity contribution in [3.8, 4) is 11.5 Å². The predicted octanol–water partition coefficient (Wildman–Crippen LogP) is 2.63. The van der Waals surface area contributed by atoms with Crippen LogP contribution in [0.2, 0.25) is 0 Å². The van der Waals surface area contributed by atoms with Crippen LogP contribution >= 0.6 is 0 Å². The van der Waals surface area contributed by atoms with E-state index in [1.165, 1.54) is 7.11 Å². The highest BCUT2D eigenvalue weighted by Crippen LogP contribution is 2.28. The monoisotopic (exact) mass is 321 g/mol. The van der Waals surface area contributed by atoms with E-state index in [-0.39, 0.29) is 12.3 Å². The number of ether oxygens (including phenoxy) is 2. The fraction of sp³-hybridized carbons (Fsp3) is 0.412. The molecule has 0 unspecified atom stereocenters. The lowest BCUT2D eigenvalue weighted by atomic mass is 9.97. The maximum atomic E-state index is 12.3. The summed E-state index contributed by atoms with van der Waals surface area (Å²) < 4.78 is 10.7. The highest BCUT2D eigenvalue weighted by atomic mass is 16.5. The average Bonchev–Trinajstić information content (AvgIpc) is 2.50. The van der Waals surface area contributed by atoms with Crippen molar-refractivity contribution in [3.05, 3.63) is 36.4 Å². The van der Waals surface area contributed by atoms with Crippen LogP contribution in [0.25, 0.3) is 0 Å². The minimum Gasteiger partial charge on any atom is -0.493 e. The molecule has 0 aliphatic carbocycles. The third-order valence-corrected chi connectivity index (χ3v) is 3.20. The van der Waals surface area contributed by atoms with E-state index in [4.69, 9.17) is 14.6 Å². The van der Waals surface area contributed by atoms with Gasteiger partial charge in [0, 0.05) is 17.5 Å². The second-order valence-electron chi connectivity index (χ2n) is 5.70. The lowest BCUT2D eigenvalue weighted by molar-refractivity contribution is -0.137. The number of hydrogen-bond acceptors (Lipinski definition) is 4. The predicted molar refractivity (Wildman–Crippen MR) is 87.1 cm³/mol. The number of carbonyl (C=O) groups excluding carboxylic acids is 1. The summed E-state index contributed by atoms with van der Waals surface area (Å²) in [5.74, 6) is -0.219. The minimum atomic E-state index is -0.891. The Morgan fingerprint density at radius 3 is 2.61 bits per heavy atom. The molecular formula is C17H23NO5. The van der Waals surface area contributed by atoms with E-state index in [1.807, 2.05) is 0 Å². The van der Waals surface area contributed by atoms with Crippen LogP contribution in [0.15, 0.2) is 30.9 Å². The number of aliphatic carboxylic acids is 1. The zero-order valence-electron chi connectivity index (χ0n) is 13.7. The number of benzene rings is 1. The van der Waals surface area contributed by atoms with Crippen LogP contribution < -0.4 is 14.8 Å². The van der Waals surface area contributed by atoms with Gasteiger partial charge in [0.05, 0.1) is 7.11 Å². The topological polar surface area (TPSA) is 84.9 Å². The van der Waals surface area contributed by atoms with Crippen molar-refractivity contribution >= 4 is 11.9 Å². The van der Waals surface area contributed by atoms with Gasteiger partial charge in [-0.25, -0.2) is 0 Å². The number of carboxylic acid groups (broad SMARTS) is 1. The number of nitrogens with one attached hydrogen (secondary N) is 1. The highest BCUT2D eigenvalue weighted by molar-refractivity contribution is 5.95. The summed E-state index contributed by atoms with van der Waals surface area (Å²) in [6, 6.07) is 4.87. The Bertz CT molecular complexity index is 580. The van der Waals surface area contributed by atoms with Crippen molar-refractivity contribution in [2.24, 2.45) is 0 Å². The van der Waals surface area contributed by atoms with Gasteiger partial charge in [0.1, 0.15) is 6.61 Å². The molecule has 1 rings (SSSR count). The second-order valence-corrected chi connectivity index (χ2v) is 5.70. The highest BCUT2D eigenvalue weighted by Gasteiger charge is 2.22. The molecule has 6 heteroatoms. The number of rotatable bonds is 9. The first-order valence-corrected chi connectivity index (χ1v) is 7.25. The van der Waals surface area contributed by atoms with Crippen LogP contribution in [0, 0.1) is 0 Å². The third-order valence-electron chi connectivity index (χ3n) is 3.20. The molecule has 1 amide bonds. The first-order valence-electron chi connectivity index (χ1n) is 7.25. The SMILES string of the molecule is C=CCOc1ccc(C(=O)NC(C)(C)CCC(=O)O)cc1OC. The molecule has 1 aromatic carbocycles. The van der Waals surface area contributed by atoms with E-state index < -0.39 is 11.5 Å².